The highest BCUT2D eigenvalue weighted by Gasteiger charge is 2.27. The fourth-order valence-electron chi connectivity index (χ4n) is 5.15. The van der Waals surface area contributed by atoms with Crippen LogP contribution in [-0.4, -0.2) is 41.5 Å². The standard InChI is InChI=1S/C26H51N2/c1-2-3-4-5-6-7-8-9-10-11-12-13-14-15-18-22-27-24-20-25-28-23-19-16-17-21-26(27)28/h2-25H2,1H3/q+1. The highest BCUT2D eigenvalue weighted by Crippen LogP contribution is 2.17. The highest BCUT2D eigenvalue weighted by molar-refractivity contribution is 5.77. The first-order valence-electron chi connectivity index (χ1n) is 13.3. The van der Waals surface area contributed by atoms with Crippen molar-refractivity contribution in [3.8, 4) is 0 Å². The Balaban J connectivity index is 1.37. The van der Waals surface area contributed by atoms with Gasteiger partial charge in [-0.1, -0.05) is 90.4 Å². The van der Waals surface area contributed by atoms with Gasteiger partial charge in [-0.15, -0.1) is 0 Å². The zero-order valence-corrected chi connectivity index (χ0v) is 19.4. The molecule has 0 aromatic heterocycles. The molecule has 0 aromatic rings. The van der Waals surface area contributed by atoms with Crippen LogP contribution in [0.1, 0.15) is 135 Å². The van der Waals surface area contributed by atoms with Crippen LogP contribution in [0.2, 0.25) is 0 Å². The van der Waals surface area contributed by atoms with E-state index in [1.807, 2.05) is 0 Å². The second kappa shape index (κ2) is 16.3. The minimum atomic E-state index is 1.32. The maximum Gasteiger partial charge on any atom is 0.246 e. The molecule has 0 spiro atoms. The Morgan fingerprint density at radius 2 is 1.14 bits per heavy atom. The number of hydrogen-bond donors (Lipinski definition) is 0. The molecule has 0 aliphatic carbocycles. The van der Waals surface area contributed by atoms with Crippen LogP contribution in [0.3, 0.4) is 0 Å². The maximum atomic E-state index is 2.75. The molecule has 2 rings (SSSR count). The van der Waals surface area contributed by atoms with Crippen molar-refractivity contribution < 1.29 is 4.58 Å². The van der Waals surface area contributed by atoms with Crippen LogP contribution < -0.4 is 0 Å². The third-order valence-electron chi connectivity index (χ3n) is 6.95. The molecule has 2 heteroatoms. The Morgan fingerprint density at radius 1 is 0.607 bits per heavy atom. The van der Waals surface area contributed by atoms with E-state index in [1.165, 1.54) is 155 Å². The van der Waals surface area contributed by atoms with Gasteiger partial charge < -0.3 is 0 Å². The normalized spacial score (nSPS) is 17.7. The summed E-state index contributed by atoms with van der Waals surface area (Å²) in [6.45, 7) is 7.60. The summed E-state index contributed by atoms with van der Waals surface area (Å²) in [5, 5.41) is 0. The third kappa shape index (κ3) is 10.3. The lowest BCUT2D eigenvalue weighted by atomic mass is 10.0. The Hall–Kier alpha value is -0.530. The lowest BCUT2D eigenvalue weighted by molar-refractivity contribution is -0.539. The van der Waals surface area contributed by atoms with Crippen LogP contribution in [0.5, 0.6) is 0 Å². The maximum absolute atomic E-state index is 2.75. The van der Waals surface area contributed by atoms with Crippen molar-refractivity contribution in [2.24, 2.45) is 0 Å². The van der Waals surface area contributed by atoms with E-state index < -0.39 is 0 Å². The molecule has 0 unspecified atom stereocenters. The minimum Gasteiger partial charge on any atom is -0.266 e. The number of amidine groups is 1. The average Bonchev–Trinajstić information content (AvgIpc) is 2.97. The van der Waals surface area contributed by atoms with Crippen LogP contribution in [0.25, 0.3) is 0 Å². The molecule has 2 heterocycles. The first kappa shape index (κ1) is 23.7. The molecule has 2 aliphatic heterocycles. The summed E-state index contributed by atoms with van der Waals surface area (Å²) in [6, 6.07) is 0. The molecular weight excluding hydrogens is 340 g/mol. The molecule has 0 fully saturated rings. The van der Waals surface area contributed by atoms with Gasteiger partial charge in [0.1, 0.15) is 0 Å². The van der Waals surface area contributed by atoms with Gasteiger partial charge in [0.15, 0.2) is 0 Å². The van der Waals surface area contributed by atoms with Gasteiger partial charge in [0.25, 0.3) is 0 Å². The van der Waals surface area contributed by atoms with Gasteiger partial charge in [-0.3, -0.25) is 9.48 Å². The molecule has 2 nitrogen and oxygen atoms in total. The zero-order chi connectivity index (χ0) is 19.7. The van der Waals surface area contributed by atoms with Gasteiger partial charge in [-0.05, 0) is 32.1 Å². The summed E-state index contributed by atoms with van der Waals surface area (Å²) in [5.41, 5.74) is 0. The van der Waals surface area contributed by atoms with Crippen LogP contribution in [0.4, 0.5) is 0 Å². The van der Waals surface area contributed by atoms with Gasteiger partial charge in [0.05, 0.1) is 26.2 Å². The molecule has 0 radical (unpaired) electrons. The second-order valence-electron chi connectivity index (χ2n) is 9.50. The summed E-state index contributed by atoms with van der Waals surface area (Å²) in [6.07, 6.45) is 28.9. The van der Waals surface area contributed by atoms with Crippen molar-refractivity contribution in [3.63, 3.8) is 0 Å². The predicted octanol–water partition coefficient (Wildman–Crippen LogP) is 7.55. The number of hydrogen-bond acceptors (Lipinski definition) is 1. The summed E-state index contributed by atoms with van der Waals surface area (Å²) in [7, 11) is 0. The van der Waals surface area contributed by atoms with Gasteiger partial charge in [0, 0.05) is 12.8 Å². The van der Waals surface area contributed by atoms with E-state index in [4.69, 9.17) is 0 Å². The van der Waals surface area contributed by atoms with Gasteiger partial charge >= 0.3 is 0 Å². The van der Waals surface area contributed by atoms with Crippen LogP contribution >= 0.6 is 0 Å². The quantitative estimate of drug-likeness (QED) is 0.194. The molecule has 0 bridgehead atoms. The SMILES string of the molecule is CCCCCCCCCCCCCCCCCN1CCC[N+]2=C1CCCCC2. The van der Waals surface area contributed by atoms with E-state index >= 15 is 0 Å². The third-order valence-corrected chi connectivity index (χ3v) is 6.95. The van der Waals surface area contributed by atoms with Crippen molar-refractivity contribution in [1.82, 2.24) is 4.90 Å². The van der Waals surface area contributed by atoms with Crippen molar-refractivity contribution in [2.45, 2.75) is 135 Å². The second-order valence-corrected chi connectivity index (χ2v) is 9.50. The molecule has 0 aromatic carbocycles. The Morgan fingerprint density at radius 3 is 1.75 bits per heavy atom. The van der Waals surface area contributed by atoms with Gasteiger partial charge in [0.2, 0.25) is 5.84 Å². The van der Waals surface area contributed by atoms with E-state index in [1.54, 1.807) is 5.84 Å². The molecule has 2 aliphatic rings. The van der Waals surface area contributed by atoms with Crippen molar-refractivity contribution in [3.05, 3.63) is 0 Å². The zero-order valence-electron chi connectivity index (χ0n) is 19.4. The summed E-state index contributed by atoms with van der Waals surface area (Å²) in [4.78, 5) is 2.75. The predicted molar refractivity (Wildman–Crippen MR) is 125 cm³/mol. The van der Waals surface area contributed by atoms with Crippen LogP contribution in [-0.2, 0) is 0 Å². The molecule has 0 saturated heterocycles. The first-order valence-corrected chi connectivity index (χ1v) is 13.3. The Kier molecular flexibility index (Phi) is 13.8. The van der Waals surface area contributed by atoms with E-state index in [-0.39, 0.29) is 0 Å². The van der Waals surface area contributed by atoms with Gasteiger partial charge in [-0.2, -0.15) is 0 Å². The van der Waals surface area contributed by atoms with Crippen LogP contribution in [0.15, 0.2) is 0 Å². The van der Waals surface area contributed by atoms with Crippen molar-refractivity contribution in [2.75, 3.05) is 26.2 Å². The lowest BCUT2D eigenvalue weighted by Crippen LogP contribution is -2.44. The lowest BCUT2D eigenvalue weighted by Gasteiger charge is -2.26. The fraction of sp³-hybridized carbons (Fsp3) is 0.962. The van der Waals surface area contributed by atoms with Crippen molar-refractivity contribution >= 4 is 5.84 Å². The van der Waals surface area contributed by atoms with Crippen molar-refractivity contribution in [1.29, 1.82) is 0 Å². The number of unbranched alkanes of at least 4 members (excludes halogenated alkanes) is 14. The molecule has 28 heavy (non-hydrogen) atoms. The van der Waals surface area contributed by atoms with E-state index in [0.717, 1.165) is 0 Å². The average molecular weight is 392 g/mol. The topological polar surface area (TPSA) is 6.25 Å². The smallest absolute Gasteiger partial charge is 0.246 e. The first-order chi connectivity index (χ1) is 13.9. The Bertz CT molecular complexity index is 401. The summed E-state index contributed by atoms with van der Waals surface area (Å²) < 4.78 is 2.71. The Labute approximate surface area is 177 Å². The summed E-state index contributed by atoms with van der Waals surface area (Å²) >= 11 is 0. The van der Waals surface area contributed by atoms with E-state index in [2.05, 4.69) is 16.4 Å². The molecule has 164 valence electrons. The number of rotatable bonds is 16. The van der Waals surface area contributed by atoms with Gasteiger partial charge in [-0.25, -0.2) is 0 Å². The van der Waals surface area contributed by atoms with E-state index in [9.17, 15) is 0 Å². The molecule has 0 atom stereocenters. The number of nitrogens with zero attached hydrogens (tertiary/aromatic N) is 2. The van der Waals surface area contributed by atoms with Crippen LogP contribution in [0, 0.1) is 0 Å². The molecular formula is C26H51N2+. The molecule has 0 amide bonds. The fourth-order valence-corrected chi connectivity index (χ4v) is 5.15. The molecule has 0 N–H and O–H groups in total. The largest absolute Gasteiger partial charge is 0.266 e. The monoisotopic (exact) mass is 391 g/mol. The summed E-state index contributed by atoms with van der Waals surface area (Å²) in [5.74, 6) is 1.70. The highest BCUT2D eigenvalue weighted by atomic mass is 15.3. The van der Waals surface area contributed by atoms with E-state index in [0.29, 0.717) is 0 Å². The molecule has 0 saturated carbocycles. The minimum absolute atomic E-state index is 1.32.